The van der Waals surface area contributed by atoms with Crippen LogP contribution in [0.15, 0.2) is 76.5 Å². The Morgan fingerprint density at radius 2 is 1.79 bits per heavy atom. The molecule has 0 radical (unpaired) electrons. The molecule has 7 nitrogen and oxygen atoms in total. The highest BCUT2D eigenvalue weighted by atomic mass is 32.1. The molecule has 2 heterocycles. The second kappa shape index (κ2) is 8.34. The summed E-state index contributed by atoms with van der Waals surface area (Å²) < 4.78 is 5.83. The van der Waals surface area contributed by atoms with Crippen molar-refractivity contribution in [1.82, 2.24) is 15.5 Å². The molecule has 2 aromatic carbocycles. The minimum atomic E-state index is -0.441. The number of nitro groups is 1. The highest BCUT2D eigenvalue weighted by Crippen LogP contribution is 2.29. The number of rotatable bonds is 7. The van der Waals surface area contributed by atoms with Gasteiger partial charge in [-0.1, -0.05) is 36.4 Å². The molecule has 4 rings (SSSR count). The molecule has 2 aromatic heterocycles. The van der Waals surface area contributed by atoms with Crippen molar-refractivity contribution >= 4 is 17.0 Å². The summed E-state index contributed by atoms with van der Waals surface area (Å²) in [6.45, 7) is 1.97. The van der Waals surface area contributed by atoms with Crippen LogP contribution in [0.4, 0.5) is 5.69 Å². The Labute approximate surface area is 171 Å². The lowest BCUT2D eigenvalue weighted by Gasteiger charge is -2.21. The molecule has 0 fully saturated rings. The van der Waals surface area contributed by atoms with Gasteiger partial charge in [0.2, 0.25) is 11.8 Å². The van der Waals surface area contributed by atoms with Gasteiger partial charge < -0.3 is 4.42 Å². The third kappa shape index (κ3) is 4.23. The number of hydrogen-bond donors (Lipinski definition) is 1. The van der Waals surface area contributed by atoms with Crippen LogP contribution in [0.5, 0.6) is 0 Å². The standard InChI is InChI=1S/C21H18N4O3S/c1-14(22-19(18-8-5-13-29-18)15-6-3-2-4-7-15)20-23-24-21(28-20)16-9-11-17(12-10-16)25(26)27/h2-14,19,22H,1H3/t14-,19+/m0/s1. The zero-order valence-electron chi connectivity index (χ0n) is 15.6. The number of hydrogen-bond acceptors (Lipinski definition) is 7. The van der Waals surface area contributed by atoms with E-state index in [9.17, 15) is 10.1 Å². The first-order valence-corrected chi connectivity index (χ1v) is 9.92. The van der Waals surface area contributed by atoms with Crippen LogP contribution in [0.1, 0.15) is 35.3 Å². The molecule has 2 atom stereocenters. The quantitative estimate of drug-likeness (QED) is 0.337. The number of benzene rings is 2. The summed E-state index contributed by atoms with van der Waals surface area (Å²) in [7, 11) is 0. The van der Waals surface area contributed by atoms with E-state index in [-0.39, 0.29) is 17.8 Å². The number of nitrogens with zero attached hydrogens (tertiary/aromatic N) is 3. The predicted molar refractivity (Wildman–Crippen MR) is 111 cm³/mol. The number of thiophene rings is 1. The van der Waals surface area contributed by atoms with Crippen molar-refractivity contribution < 1.29 is 9.34 Å². The van der Waals surface area contributed by atoms with E-state index in [0.717, 1.165) is 5.56 Å². The molecule has 4 aromatic rings. The maximum Gasteiger partial charge on any atom is 0.269 e. The average molecular weight is 406 g/mol. The fraction of sp³-hybridized carbons (Fsp3) is 0.143. The van der Waals surface area contributed by atoms with Crippen molar-refractivity contribution in [2.75, 3.05) is 0 Å². The van der Waals surface area contributed by atoms with Crippen LogP contribution in [-0.2, 0) is 0 Å². The van der Waals surface area contributed by atoms with Gasteiger partial charge in [-0.15, -0.1) is 21.5 Å². The molecule has 0 aliphatic rings. The van der Waals surface area contributed by atoms with E-state index in [0.29, 0.717) is 17.3 Å². The molecular formula is C21H18N4O3S. The largest absolute Gasteiger partial charge is 0.419 e. The van der Waals surface area contributed by atoms with E-state index in [2.05, 4.69) is 39.1 Å². The second-order valence-corrected chi connectivity index (χ2v) is 7.48. The van der Waals surface area contributed by atoms with Gasteiger partial charge in [0.05, 0.1) is 17.0 Å². The van der Waals surface area contributed by atoms with E-state index in [1.54, 1.807) is 23.5 Å². The monoisotopic (exact) mass is 406 g/mol. The first-order valence-electron chi connectivity index (χ1n) is 9.04. The van der Waals surface area contributed by atoms with E-state index >= 15 is 0 Å². The Hall–Kier alpha value is -3.36. The maximum atomic E-state index is 10.8. The Kier molecular flexibility index (Phi) is 5.46. The fourth-order valence-corrected chi connectivity index (χ4v) is 3.83. The lowest BCUT2D eigenvalue weighted by Crippen LogP contribution is -2.25. The van der Waals surface area contributed by atoms with Gasteiger partial charge in [-0.3, -0.25) is 15.4 Å². The van der Waals surface area contributed by atoms with E-state index < -0.39 is 4.92 Å². The molecule has 0 unspecified atom stereocenters. The van der Waals surface area contributed by atoms with Crippen LogP contribution < -0.4 is 5.32 Å². The van der Waals surface area contributed by atoms with Gasteiger partial charge in [0, 0.05) is 22.6 Å². The Morgan fingerprint density at radius 1 is 1.03 bits per heavy atom. The van der Waals surface area contributed by atoms with Crippen molar-refractivity contribution in [2.45, 2.75) is 19.0 Å². The van der Waals surface area contributed by atoms with Gasteiger partial charge in [-0.05, 0) is 36.1 Å². The molecule has 0 bridgehead atoms. The van der Waals surface area contributed by atoms with Crippen LogP contribution in [-0.4, -0.2) is 15.1 Å². The summed E-state index contributed by atoms with van der Waals surface area (Å²) in [5.74, 6) is 0.784. The van der Waals surface area contributed by atoms with Crippen LogP contribution >= 0.6 is 11.3 Å². The summed E-state index contributed by atoms with van der Waals surface area (Å²) in [4.78, 5) is 11.6. The highest BCUT2D eigenvalue weighted by molar-refractivity contribution is 7.10. The van der Waals surface area contributed by atoms with Crippen molar-refractivity contribution in [3.05, 3.63) is 98.6 Å². The highest BCUT2D eigenvalue weighted by Gasteiger charge is 2.22. The van der Waals surface area contributed by atoms with Crippen molar-refractivity contribution in [2.24, 2.45) is 0 Å². The van der Waals surface area contributed by atoms with Crippen LogP contribution in [0, 0.1) is 10.1 Å². The first-order chi connectivity index (χ1) is 14.1. The van der Waals surface area contributed by atoms with E-state index in [1.807, 2.05) is 31.2 Å². The molecule has 29 heavy (non-hydrogen) atoms. The topological polar surface area (TPSA) is 94.1 Å². The second-order valence-electron chi connectivity index (χ2n) is 6.50. The predicted octanol–water partition coefficient (Wildman–Crippen LogP) is 5.15. The van der Waals surface area contributed by atoms with E-state index in [1.165, 1.54) is 17.0 Å². The molecule has 0 saturated carbocycles. The zero-order valence-corrected chi connectivity index (χ0v) is 16.4. The normalized spacial score (nSPS) is 13.1. The summed E-state index contributed by atoms with van der Waals surface area (Å²) in [6, 6.07) is 20.2. The van der Waals surface area contributed by atoms with Crippen molar-refractivity contribution in [3.8, 4) is 11.5 Å². The molecular weight excluding hydrogens is 388 g/mol. The van der Waals surface area contributed by atoms with Gasteiger partial charge in [0.25, 0.3) is 5.69 Å². The van der Waals surface area contributed by atoms with Gasteiger partial charge >= 0.3 is 0 Å². The van der Waals surface area contributed by atoms with Crippen LogP contribution in [0.3, 0.4) is 0 Å². The fourth-order valence-electron chi connectivity index (χ4n) is 3.02. The third-order valence-corrected chi connectivity index (χ3v) is 5.45. The molecule has 0 aliphatic carbocycles. The number of non-ortho nitro benzene ring substituents is 1. The number of nitrogens with one attached hydrogen (secondary N) is 1. The summed E-state index contributed by atoms with van der Waals surface area (Å²) in [5.41, 5.74) is 1.81. The minimum absolute atomic E-state index is 0.000856. The smallest absolute Gasteiger partial charge is 0.269 e. The molecule has 8 heteroatoms. The average Bonchev–Trinajstić information content (AvgIpc) is 3.45. The van der Waals surface area contributed by atoms with Gasteiger partial charge in [0.1, 0.15) is 0 Å². The summed E-state index contributed by atoms with van der Waals surface area (Å²) in [6.07, 6.45) is 0. The molecule has 0 spiro atoms. The minimum Gasteiger partial charge on any atom is -0.419 e. The van der Waals surface area contributed by atoms with Gasteiger partial charge in [-0.2, -0.15) is 0 Å². The Morgan fingerprint density at radius 3 is 2.45 bits per heavy atom. The third-order valence-electron chi connectivity index (χ3n) is 4.51. The lowest BCUT2D eigenvalue weighted by molar-refractivity contribution is -0.384. The molecule has 146 valence electrons. The molecule has 0 amide bonds. The van der Waals surface area contributed by atoms with Gasteiger partial charge in [0.15, 0.2) is 0 Å². The van der Waals surface area contributed by atoms with Crippen molar-refractivity contribution in [3.63, 3.8) is 0 Å². The molecule has 1 N–H and O–H groups in total. The zero-order chi connectivity index (χ0) is 20.2. The molecule has 0 aliphatic heterocycles. The SMILES string of the molecule is C[C@H](N[C@H](c1ccccc1)c1cccs1)c1nnc(-c2ccc([N+](=O)[O-])cc2)o1. The first kappa shape index (κ1) is 19.0. The molecule has 0 saturated heterocycles. The van der Waals surface area contributed by atoms with Crippen molar-refractivity contribution in [1.29, 1.82) is 0 Å². The maximum absolute atomic E-state index is 10.8. The lowest BCUT2D eigenvalue weighted by atomic mass is 10.0. The van der Waals surface area contributed by atoms with E-state index in [4.69, 9.17) is 4.42 Å². The van der Waals surface area contributed by atoms with Gasteiger partial charge in [-0.25, -0.2) is 0 Å². The van der Waals surface area contributed by atoms with Crippen LogP contribution in [0.25, 0.3) is 11.5 Å². The number of aromatic nitrogens is 2. The summed E-state index contributed by atoms with van der Waals surface area (Å²) in [5, 5.41) is 24.7. The number of nitro benzene ring substituents is 1. The Bertz CT molecular complexity index is 1080. The summed E-state index contributed by atoms with van der Waals surface area (Å²) >= 11 is 1.68. The Balaban J connectivity index is 1.55. The van der Waals surface area contributed by atoms with Crippen LogP contribution in [0.2, 0.25) is 0 Å².